The van der Waals surface area contributed by atoms with Gasteiger partial charge in [-0.1, -0.05) is 23.7 Å². The summed E-state index contributed by atoms with van der Waals surface area (Å²) in [6.45, 7) is 4.64. The van der Waals surface area contributed by atoms with E-state index in [-0.39, 0.29) is 0 Å². The Morgan fingerprint density at radius 3 is 2.78 bits per heavy atom. The zero-order chi connectivity index (χ0) is 13.0. The molecule has 0 spiro atoms. The van der Waals surface area contributed by atoms with Crippen molar-refractivity contribution in [2.45, 2.75) is 13.8 Å². The molecular formula is C13H14ClN3O. The molecule has 0 aliphatic rings. The summed E-state index contributed by atoms with van der Waals surface area (Å²) < 4.78 is 5.65. The second kappa shape index (κ2) is 5.69. The molecule has 0 unspecified atom stereocenters. The fourth-order valence-corrected chi connectivity index (χ4v) is 1.64. The van der Waals surface area contributed by atoms with Crippen LogP contribution in [0.1, 0.15) is 12.6 Å². The monoisotopic (exact) mass is 263 g/mol. The number of para-hydroxylation sites is 1. The van der Waals surface area contributed by atoms with Gasteiger partial charge >= 0.3 is 0 Å². The Hall–Kier alpha value is -1.81. The van der Waals surface area contributed by atoms with E-state index in [2.05, 4.69) is 15.3 Å². The van der Waals surface area contributed by atoms with Gasteiger partial charge in [0.05, 0.1) is 5.02 Å². The third-order valence-corrected chi connectivity index (χ3v) is 2.53. The molecule has 0 atom stereocenters. The van der Waals surface area contributed by atoms with Gasteiger partial charge in [0.1, 0.15) is 5.75 Å². The summed E-state index contributed by atoms with van der Waals surface area (Å²) in [6.07, 6.45) is 0. The van der Waals surface area contributed by atoms with Crippen molar-refractivity contribution in [1.29, 1.82) is 0 Å². The maximum atomic E-state index is 6.03. The Kier molecular flexibility index (Phi) is 3.99. The van der Waals surface area contributed by atoms with Gasteiger partial charge in [-0.3, -0.25) is 0 Å². The second-order valence-electron chi connectivity index (χ2n) is 3.73. The van der Waals surface area contributed by atoms with Crippen LogP contribution in [0, 0.1) is 6.92 Å². The van der Waals surface area contributed by atoms with Crippen LogP contribution in [0.5, 0.6) is 11.6 Å². The first-order valence-corrected chi connectivity index (χ1v) is 6.08. The van der Waals surface area contributed by atoms with Gasteiger partial charge in [0, 0.05) is 18.3 Å². The number of rotatable bonds is 4. The Morgan fingerprint density at radius 2 is 2.06 bits per heavy atom. The highest BCUT2D eigenvalue weighted by molar-refractivity contribution is 6.32. The first-order valence-electron chi connectivity index (χ1n) is 5.71. The fourth-order valence-electron chi connectivity index (χ4n) is 1.47. The summed E-state index contributed by atoms with van der Waals surface area (Å²) in [5.74, 6) is 1.62. The number of halogens is 1. The van der Waals surface area contributed by atoms with Crippen LogP contribution in [-0.2, 0) is 0 Å². The predicted octanol–water partition coefficient (Wildman–Crippen LogP) is 3.66. The van der Waals surface area contributed by atoms with Crippen molar-refractivity contribution in [3.63, 3.8) is 0 Å². The van der Waals surface area contributed by atoms with Crippen molar-refractivity contribution in [2.75, 3.05) is 11.9 Å². The molecule has 1 aromatic carbocycles. The van der Waals surface area contributed by atoms with E-state index in [1.807, 2.05) is 26.0 Å². The standard InChI is InChI=1S/C13H14ClN3O/c1-3-15-13-16-9(2)8-12(17-13)18-11-7-5-4-6-10(11)14/h4-8H,3H2,1-2H3,(H,15,16,17). The van der Waals surface area contributed by atoms with Gasteiger partial charge in [0.15, 0.2) is 0 Å². The quantitative estimate of drug-likeness (QED) is 0.914. The van der Waals surface area contributed by atoms with E-state index >= 15 is 0 Å². The number of hydrogen-bond acceptors (Lipinski definition) is 4. The van der Waals surface area contributed by atoms with E-state index in [1.165, 1.54) is 0 Å². The number of aryl methyl sites for hydroxylation is 1. The number of nitrogens with zero attached hydrogens (tertiary/aromatic N) is 2. The lowest BCUT2D eigenvalue weighted by Gasteiger charge is -2.09. The Labute approximate surface area is 111 Å². The first kappa shape index (κ1) is 12.6. The van der Waals surface area contributed by atoms with Gasteiger partial charge in [-0.15, -0.1) is 0 Å². The van der Waals surface area contributed by atoms with E-state index in [1.54, 1.807) is 18.2 Å². The molecule has 0 saturated heterocycles. The zero-order valence-electron chi connectivity index (χ0n) is 10.3. The number of aromatic nitrogens is 2. The molecule has 4 nitrogen and oxygen atoms in total. The highest BCUT2D eigenvalue weighted by Gasteiger charge is 2.06. The minimum atomic E-state index is 0.478. The van der Waals surface area contributed by atoms with Crippen LogP contribution < -0.4 is 10.1 Å². The summed E-state index contributed by atoms with van der Waals surface area (Å²) >= 11 is 6.03. The normalized spacial score (nSPS) is 10.2. The molecule has 1 heterocycles. The van der Waals surface area contributed by atoms with Crippen LogP contribution in [-0.4, -0.2) is 16.5 Å². The van der Waals surface area contributed by atoms with Crippen molar-refractivity contribution in [2.24, 2.45) is 0 Å². The number of anilines is 1. The zero-order valence-corrected chi connectivity index (χ0v) is 11.0. The SMILES string of the molecule is CCNc1nc(C)cc(Oc2ccccc2Cl)n1. The minimum Gasteiger partial charge on any atom is -0.437 e. The highest BCUT2D eigenvalue weighted by atomic mass is 35.5. The van der Waals surface area contributed by atoms with E-state index in [9.17, 15) is 0 Å². The van der Waals surface area contributed by atoms with Crippen LogP contribution in [0.3, 0.4) is 0 Å². The predicted molar refractivity (Wildman–Crippen MR) is 72.5 cm³/mol. The van der Waals surface area contributed by atoms with Gasteiger partial charge in [-0.25, -0.2) is 4.98 Å². The van der Waals surface area contributed by atoms with Crippen molar-refractivity contribution in [3.05, 3.63) is 41.0 Å². The van der Waals surface area contributed by atoms with Crippen LogP contribution >= 0.6 is 11.6 Å². The van der Waals surface area contributed by atoms with Crippen molar-refractivity contribution in [3.8, 4) is 11.6 Å². The van der Waals surface area contributed by atoms with Crippen molar-refractivity contribution in [1.82, 2.24) is 9.97 Å². The summed E-state index contributed by atoms with van der Waals surface area (Å²) in [6, 6.07) is 9.05. The van der Waals surface area contributed by atoms with E-state index < -0.39 is 0 Å². The molecule has 1 aromatic heterocycles. The maximum absolute atomic E-state index is 6.03. The molecule has 0 aliphatic carbocycles. The van der Waals surface area contributed by atoms with Gasteiger partial charge < -0.3 is 10.1 Å². The molecular weight excluding hydrogens is 250 g/mol. The average Bonchev–Trinajstić information content (AvgIpc) is 2.32. The molecule has 2 rings (SSSR count). The Balaban J connectivity index is 2.26. The number of hydrogen-bond donors (Lipinski definition) is 1. The third kappa shape index (κ3) is 3.11. The molecule has 5 heteroatoms. The molecule has 18 heavy (non-hydrogen) atoms. The lowest BCUT2D eigenvalue weighted by atomic mass is 10.3. The van der Waals surface area contributed by atoms with Crippen LogP contribution in [0.15, 0.2) is 30.3 Å². The molecule has 0 aliphatic heterocycles. The molecule has 1 N–H and O–H groups in total. The Bertz CT molecular complexity index is 546. The fraction of sp³-hybridized carbons (Fsp3) is 0.231. The average molecular weight is 264 g/mol. The van der Waals surface area contributed by atoms with Gasteiger partial charge in [0.2, 0.25) is 11.8 Å². The molecule has 0 fully saturated rings. The minimum absolute atomic E-state index is 0.478. The summed E-state index contributed by atoms with van der Waals surface area (Å²) in [7, 11) is 0. The second-order valence-corrected chi connectivity index (χ2v) is 4.14. The van der Waals surface area contributed by atoms with Gasteiger partial charge in [0.25, 0.3) is 0 Å². The summed E-state index contributed by atoms with van der Waals surface area (Å²) in [5.41, 5.74) is 0.836. The van der Waals surface area contributed by atoms with Gasteiger partial charge in [-0.05, 0) is 26.0 Å². The maximum Gasteiger partial charge on any atom is 0.226 e. The first-order chi connectivity index (χ1) is 8.69. The van der Waals surface area contributed by atoms with Crippen LogP contribution in [0.25, 0.3) is 0 Å². The van der Waals surface area contributed by atoms with E-state index in [4.69, 9.17) is 16.3 Å². The lowest BCUT2D eigenvalue weighted by molar-refractivity contribution is 0.462. The number of ether oxygens (including phenoxy) is 1. The molecule has 0 bridgehead atoms. The molecule has 0 saturated carbocycles. The smallest absolute Gasteiger partial charge is 0.226 e. The number of benzene rings is 1. The number of nitrogens with one attached hydrogen (secondary N) is 1. The van der Waals surface area contributed by atoms with Crippen molar-refractivity contribution < 1.29 is 4.74 Å². The molecule has 2 aromatic rings. The lowest BCUT2D eigenvalue weighted by Crippen LogP contribution is -2.04. The van der Waals surface area contributed by atoms with Crippen LogP contribution in [0.4, 0.5) is 5.95 Å². The topological polar surface area (TPSA) is 47.0 Å². The van der Waals surface area contributed by atoms with Crippen molar-refractivity contribution >= 4 is 17.5 Å². The van der Waals surface area contributed by atoms with Gasteiger partial charge in [-0.2, -0.15) is 4.98 Å². The van der Waals surface area contributed by atoms with E-state index in [0.717, 1.165) is 12.2 Å². The summed E-state index contributed by atoms with van der Waals surface area (Å²) in [4.78, 5) is 8.51. The Morgan fingerprint density at radius 1 is 1.28 bits per heavy atom. The molecule has 0 amide bonds. The van der Waals surface area contributed by atoms with Crippen LogP contribution in [0.2, 0.25) is 5.02 Å². The largest absolute Gasteiger partial charge is 0.437 e. The highest BCUT2D eigenvalue weighted by Crippen LogP contribution is 2.28. The molecule has 94 valence electrons. The summed E-state index contributed by atoms with van der Waals surface area (Å²) in [5, 5.41) is 3.61. The molecule has 0 radical (unpaired) electrons. The third-order valence-electron chi connectivity index (χ3n) is 2.22. The van der Waals surface area contributed by atoms with E-state index in [0.29, 0.717) is 22.6 Å².